The summed E-state index contributed by atoms with van der Waals surface area (Å²) in [6.45, 7) is 4.90. The molecular formula is C19H23N3O2. The number of H-pyrrole nitrogens is 1. The normalized spacial score (nSPS) is 16.5. The third-order valence-corrected chi connectivity index (χ3v) is 4.76. The third-order valence-electron chi connectivity index (χ3n) is 4.76. The molecule has 0 unspecified atom stereocenters. The zero-order valence-corrected chi connectivity index (χ0v) is 13.9. The molecule has 5 heteroatoms. The van der Waals surface area contributed by atoms with Gasteiger partial charge in [0.25, 0.3) is 5.91 Å². The van der Waals surface area contributed by atoms with Crippen molar-refractivity contribution >= 4 is 11.7 Å². The quantitative estimate of drug-likeness (QED) is 0.739. The van der Waals surface area contributed by atoms with Crippen LogP contribution in [0.4, 0.5) is 0 Å². The summed E-state index contributed by atoms with van der Waals surface area (Å²) < 4.78 is 0. The third kappa shape index (κ3) is 3.74. The first kappa shape index (κ1) is 16.5. The van der Waals surface area contributed by atoms with E-state index in [1.54, 1.807) is 42.7 Å². The van der Waals surface area contributed by atoms with Crippen molar-refractivity contribution in [2.24, 2.45) is 5.41 Å². The number of carbonyl (C=O) groups is 2. The van der Waals surface area contributed by atoms with Gasteiger partial charge in [0.2, 0.25) is 0 Å². The number of ketones is 1. The average molecular weight is 325 g/mol. The first-order valence-corrected chi connectivity index (χ1v) is 8.34. The van der Waals surface area contributed by atoms with Gasteiger partial charge in [0.1, 0.15) is 0 Å². The van der Waals surface area contributed by atoms with Crippen LogP contribution in [-0.2, 0) is 0 Å². The zero-order chi connectivity index (χ0) is 17.0. The van der Waals surface area contributed by atoms with E-state index in [2.05, 4.69) is 22.5 Å². The molecule has 1 amide bonds. The van der Waals surface area contributed by atoms with Crippen LogP contribution in [0, 0.1) is 5.41 Å². The molecule has 24 heavy (non-hydrogen) atoms. The van der Waals surface area contributed by atoms with E-state index in [0.29, 0.717) is 23.2 Å². The maximum absolute atomic E-state index is 12.3. The van der Waals surface area contributed by atoms with Crippen LogP contribution in [0.3, 0.4) is 0 Å². The summed E-state index contributed by atoms with van der Waals surface area (Å²) in [4.78, 5) is 27.4. The summed E-state index contributed by atoms with van der Waals surface area (Å²) in [5.41, 5.74) is 1.94. The van der Waals surface area contributed by atoms with E-state index >= 15 is 0 Å². The molecule has 5 nitrogen and oxygen atoms in total. The Kier molecular flexibility index (Phi) is 4.81. The Morgan fingerprint density at radius 2 is 1.71 bits per heavy atom. The van der Waals surface area contributed by atoms with Gasteiger partial charge >= 0.3 is 0 Å². The average Bonchev–Trinajstić information content (AvgIpc) is 3.14. The molecule has 0 spiro atoms. The molecule has 126 valence electrons. The van der Waals surface area contributed by atoms with Crippen molar-refractivity contribution in [2.75, 3.05) is 19.6 Å². The second-order valence-corrected chi connectivity index (χ2v) is 6.75. The highest BCUT2D eigenvalue weighted by atomic mass is 16.1. The van der Waals surface area contributed by atoms with Crippen LogP contribution in [0.2, 0.25) is 0 Å². The van der Waals surface area contributed by atoms with Gasteiger partial charge in [0.05, 0.1) is 0 Å². The van der Waals surface area contributed by atoms with Gasteiger partial charge in [-0.25, -0.2) is 0 Å². The largest absolute Gasteiger partial charge is 0.367 e. The lowest BCUT2D eigenvalue weighted by Gasteiger charge is -2.34. The highest BCUT2D eigenvalue weighted by molar-refractivity contribution is 6.09. The number of nitrogens with one attached hydrogen (secondary N) is 3. The number of hydrogen-bond acceptors (Lipinski definition) is 3. The van der Waals surface area contributed by atoms with Crippen LogP contribution in [-0.4, -0.2) is 36.3 Å². The summed E-state index contributed by atoms with van der Waals surface area (Å²) in [7, 11) is 0. The fourth-order valence-corrected chi connectivity index (χ4v) is 3.01. The Labute approximate surface area is 141 Å². The van der Waals surface area contributed by atoms with Crippen LogP contribution < -0.4 is 10.6 Å². The first-order chi connectivity index (χ1) is 11.6. The second kappa shape index (κ2) is 7.01. The topological polar surface area (TPSA) is 74.0 Å². The number of aromatic amines is 1. The van der Waals surface area contributed by atoms with E-state index in [0.717, 1.165) is 25.9 Å². The number of hydrogen-bond donors (Lipinski definition) is 3. The summed E-state index contributed by atoms with van der Waals surface area (Å²) in [6.07, 6.45) is 5.52. The van der Waals surface area contributed by atoms with Crippen LogP contribution in [0.5, 0.6) is 0 Å². The van der Waals surface area contributed by atoms with Gasteiger partial charge in [-0.2, -0.15) is 0 Å². The second-order valence-electron chi connectivity index (χ2n) is 6.75. The van der Waals surface area contributed by atoms with Crippen LogP contribution in [0.25, 0.3) is 0 Å². The fourth-order valence-electron chi connectivity index (χ4n) is 3.01. The molecule has 0 atom stereocenters. The Hall–Kier alpha value is -2.40. The van der Waals surface area contributed by atoms with Crippen molar-refractivity contribution in [3.63, 3.8) is 0 Å². The molecule has 1 aromatic carbocycles. The standard InChI is InChI=1S/C19H23N3O2/c1-19(7-10-20-11-8-19)13-22-18(24)15-4-2-14(3-5-15)17(23)16-6-9-21-12-16/h2-6,9,12,20-21H,7-8,10-11,13H2,1H3,(H,22,24). The monoisotopic (exact) mass is 325 g/mol. The summed E-state index contributed by atoms with van der Waals surface area (Å²) in [5, 5.41) is 6.37. The SMILES string of the molecule is CC1(CNC(=O)c2ccc(C(=O)c3cc[nH]c3)cc2)CCNCC1. The molecule has 1 fully saturated rings. The molecule has 2 aromatic rings. The van der Waals surface area contributed by atoms with Crippen molar-refractivity contribution in [3.8, 4) is 0 Å². The smallest absolute Gasteiger partial charge is 0.251 e. The molecule has 2 heterocycles. The fraction of sp³-hybridized carbons (Fsp3) is 0.368. The van der Waals surface area contributed by atoms with Crippen molar-refractivity contribution < 1.29 is 9.59 Å². The molecule has 1 aromatic heterocycles. The lowest BCUT2D eigenvalue weighted by atomic mass is 9.81. The molecule has 0 bridgehead atoms. The van der Waals surface area contributed by atoms with Gasteiger partial charge in [0.15, 0.2) is 5.78 Å². The van der Waals surface area contributed by atoms with E-state index < -0.39 is 0 Å². The minimum atomic E-state index is -0.0876. The molecule has 0 radical (unpaired) electrons. The number of aromatic nitrogens is 1. The molecule has 1 saturated heterocycles. The molecular weight excluding hydrogens is 302 g/mol. The molecule has 0 aliphatic carbocycles. The van der Waals surface area contributed by atoms with Gasteiger partial charge in [0, 0.05) is 35.6 Å². The molecule has 1 aliphatic rings. The van der Waals surface area contributed by atoms with Gasteiger partial charge in [-0.05, 0) is 49.5 Å². The Morgan fingerprint density at radius 1 is 1.04 bits per heavy atom. The molecule has 0 saturated carbocycles. The maximum Gasteiger partial charge on any atom is 0.251 e. The van der Waals surface area contributed by atoms with E-state index in [1.807, 2.05) is 0 Å². The lowest BCUT2D eigenvalue weighted by Crippen LogP contribution is -2.42. The summed E-state index contributed by atoms with van der Waals surface area (Å²) in [5.74, 6) is -0.138. The van der Waals surface area contributed by atoms with E-state index in [1.165, 1.54) is 0 Å². The first-order valence-electron chi connectivity index (χ1n) is 8.34. The number of rotatable bonds is 5. The van der Waals surface area contributed by atoms with Gasteiger partial charge in [-0.15, -0.1) is 0 Å². The molecule has 3 N–H and O–H groups in total. The Balaban J connectivity index is 1.60. The van der Waals surface area contributed by atoms with Crippen LogP contribution in [0.1, 0.15) is 46.0 Å². The zero-order valence-electron chi connectivity index (χ0n) is 13.9. The Bertz CT molecular complexity index is 699. The highest BCUT2D eigenvalue weighted by Crippen LogP contribution is 2.26. The number of carbonyl (C=O) groups excluding carboxylic acids is 2. The van der Waals surface area contributed by atoms with Crippen molar-refractivity contribution in [3.05, 3.63) is 59.4 Å². The lowest BCUT2D eigenvalue weighted by molar-refractivity contribution is 0.0921. The van der Waals surface area contributed by atoms with Crippen molar-refractivity contribution in [2.45, 2.75) is 19.8 Å². The molecule has 3 rings (SSSR count). The van der Waals surface area contributed by atoms with Crippen LogP contribution >= 0.6 is 0 Å². The number of amides is 1. The molecule has 1 aliphatic heterocycles. The predicted octanol–water partition coefficient (Wildman–Crippen LogP) is 2.37. The van der Waals surface area contributed by atoms with Gasteiger partial charge in [-0.3, -0.25) is 9.59 Å². The van der Waals surface area contributed by atoms with Gasteiger partial charge < -0.3 is 15.6 Å². The van der Waals surface area contributed by atoms with Crippen molar-refractivity contribution in [1.29, 1.82) is 0 Å². The maximum atomic E-state index is 12.3. The van der Waals surface area contributed by atoms with Crippen molar-refractivity contribution in [1.82, 2.24) is 15.6 Å². The summed E-state index contributed by atoms with van der Waals surface area (Å²) in [6, 6.07) is 8.57. The van der Waals surface area contributed by atoms with E-state index in [4.69, 9.17) is 0 Å². The number of piperidine rings is 1. The Morgan fingerprint density at radius 3 is 2.33 bits per heavy atom. The van der Waals surface area contributed by atoms with E-state index in [-0.39, 0.29) is 17.1 Å². The highest BCUT2D eigenvalue weighted by Gasteiger charge is 2.27. The van der Waals surface area contributed by atoms with E-state index in [9.17, 15) is 9.59 Å². The predicted molar refractivity (Wildman–Crippen MR) is 93.2 cm³/mol. The summed E-state index contributed by atoms with van der Waals surface area (Å²) >= 11 is 0. The van der Waals surface area contributed by atoms with Gasteiger partial charge in [-0.1, -0.05) is 19.1 Å². The minimum Gasteiger partial charge on any atom is -0.367 e. The van der Waals surface area contributed by atoms with Crippen LogP contribution in [0.15, 0.2) is 42.7 Å². The minimum absolute atomic E-state index is 0.0505. The number of benzene rings is 1.